The molecule has 0 spiro atoms. The van der Waals surface area contributed by atoms with E-state index in [-0.39, 0.29) is 22.4 Å². The van der Waals surface area contributed by atoms with Crippen LogP contribution in [0.3, 0.4) is 0 Å². The molecule has 3 aromatic rings. The van der Waals surface area contributed by atoms with E-state index < -0.39 is 5.97 Å². The number of benzene rings is 1. The van der Waals surface area contributed by atoms with E-state index in [0.717, 1.165) is 23.4 Å². The Labute approximate surface area is 178 Å². The average Bonchev–Trinajstić information content (AvgIpc) is 3.51. The summed E-state index contributed by atoms with van der Waals surface area (Å²) in [5, 5.41) is 13.4. The van der Waals surface area contributed by atoms with E-state index in [9.17, 15) is 14.7 Å². The molecule has 1 atom stereocenters. The van der Waals surface area contributed by atoms with Gasteiger partial charge in [-0.05, 0) is 56.4 Å². The number of hydrogen-bond donors (Lipinski definition) is 2. The van der Waals surface area contributed by atoms with Gasteiger partial charge in [-0.3, -0.25) is 9.36 Å². The predicted molar refractivity (Wildman–Crippen MR) is 116 cm³/mol. The summed E-state index contributed by atoms with van der Waals surface area (Å²) in [6.07, 6.45) is 3.14. The molecule has 2 heterocycles. The number of aryl methyl sites for hydroxylation is 1. The number of anilines is 1. The smallest absolute Gasteiger partial charge is 0.356 e. The molecule has 1 aliphatic carbocycles. The highest BCUT2D eigenvalue weighted by atomic mass is 35.5. The highest BCUT2D eigenvalue weighted by Gasteiger charge is 2.25. The molecule has 156 valence electrons. The first-order valence-corrected chi connectivity index (χ1v) is 10.3. The van der Waals surface area contributed by atoms with Gasteiger partial charge in [-0.25, -0.2) is 14.8 Å². The SMILES string of the molecule is Cc1cc([C@@H](C)Nc2ccc(Cl)nc2C(=O)O)c2nc(CC3CC3)n(C)c(=O)c2c1. The number of carboxylic acid groups (broad SMARTS) is 1. The maximum absolute atomic E-state index is 13.0. The van der Waals surface area contributed by atoms with Crippen LogP contribution in [0.25, 0.3) is 10.9 Å². The molecule has 30 heavy (non-hydrogen) atoms. The molecule has 1 aromatic carbocycles. The third-order valence-electron chi connectivity index (χ3n) is 5.52. The van der Waals surface area contributed by atoms with Gasteiger partial charge in [-0.15, -0.1) is 0 Å². The van der Waals surface area contributed by atoms with Crippen molar-refractivity contribution >= 4 is 34.2 Å². The molecular formula is C22H23ClN4O3. The van der Waals surface area contributed by atoms with E-state index in [1.165, 1.54) is 12.8 Å². The fraction of sp³-hybridized carbons (Fsp3) is 0.364. The summed E-state index contributed by atoms with van der Waals surface area (Å²) < 4.78 is 1.65. The standard InChI is InChI=1S/C22H23ClN4O3/c1-11-8-14(12(2)24-16-6-7-17(23)25-20(16)22(29)30)19-15(9-11)21(28)27(3)18(26-19)10-13-4-5-13/h6-9,12-13,24H,4-5,10H2,1-3H3,(H,29,30)/t12-/m1/s1. The molecule has 1 saturated carbocycles. The monoisotopic (exact) mass is 426 g/mol. The number of carboxylic acids is 1. The Bertz CT molecular complexity index is 1220. The minimum absolute atomic E-state index is 0.0628. The Kier molecular flexibility index (Phi) is 5.24. The first kappa shape index (κ1) is 20.3. The van der Waals surface area contributed by atoms with Crippen LogP contribution in [0.2, 0.25) is 5.15 Å². The summed E-state index contributed by atoms with van der Waals surface area (Å²) in [5.74, 6) is 0.218. The number of pyridine rings is 1. The number of carbonyl (C=O) groups is 1. The van der Waals surface area contributed by atoms with Crippen LogP contribution < -0.4 is 10.9 Å². The second-order valence-corrected chi connectivity index (χ2v) is 8.38. The lowest BCUT2D eigenvalue weighted by Gasteiger charge is -2.20. The molecule has 7 nitrogen and oxygen atoms in total. The van der Waals surface area contributed by atoms with Gasteiger partial charge in [0.2, 0.25) is 0 Å². The van der Waals surface area contributed by atoms with E-state index in [4.69, 9.17) is 16.6 Å². The van der Waals surface area contributed by atoms with Gasteiger partial charge in [0.05, 0.1) is 22.6 Å². The number of halogens is 1. The summed E-state index contributed by atoms with van der Waals surface area (Å²) >= 11 is 5.86. The fourth-order valence-corrected chi connectivity index (χ4v) is 3.86. The number of nitrogens with zero attached hydrogens (tertiary/aromatic N) is 3. The van der Waals surface area contributed by atoms with Crippen molar-refractivity contribution < 1.29 is 9.90 Å². The van der Waals surface area contributed by atoms with Crippen LogP contribution in [0, 0.1) is 12.8 Å². The van der Waals surface area contributed by atoms with Crippen LogP contribution in [0.4, 0.5) is 5.69 Å². The van der Waals surface area contributed by atoms with Crippen molar-refractivity contribution in [2.75, 3.05) is 5.32 Å². The number of hydrogen-bond acceptors (Lipinski definition) is 5. The molecule has 4 rings (SSSR count). The lowest BCUT2D eigenvalue weighted by molar-refractivity contribution is 0.0691. The highest BCUT2D eigenvalue weighted by Crippen LogP contribution is 2.33. The average molecular weight is 427 g/mol. The summed E-state index contributed by atoms with van der Waals surface area (Å²) in [7, 11) is 1.77. The van der Waals surface area contributed by atoms with Gasteiger partial charge in [0.1, 0.15) is 11.0 Å². The molecule has 0 saturated heterocycles. The Morgan fingerprint density at radius 3 is 2.73 bits per heavy atom. The number of nitrogens with one attached hydrogen (secondary N) is 1. The van der Waals surface area contributed by atoms with E-state index in [2.05, 4.69) is 10.3 Å². The molecular weight excluding hydrogens is 404 g/mol. The third kappa shape index (κ3) is 3.89. The number of aromatic carboxylic acids is 1. The fourth-order valence-electron chi connectivity index (χ4n) is 3.72. The summed E-state index contributed by atoms with van der Waals surface area (Å²) in [6, 6.07) is 6.67. The normalized spacial score (nSPS) is 14.7. The molecule has 0 unspecified atom stereocenters. The quantitative estimate of drug-likeness (QED) is 0.575. The van der Waals surface area contributed by atoms with E-state index in [1.54, 1.807) is 23.7 Å². The molecule has 8 heteroatoms. The minimum Gasteiger partial charge on any atom is -0.476 e. The molecule has 0 amide bonds. The van der Waals surface area contributed by atoms with Crippen LogP contribution in [-0.2, 0) is 13.5 Å². The van der Waals surface area contributed by atoms with Gasteiger partial charge < -0.3 is 10.4 Å². The van der Waals surface area contributed by atoms with E-state index in [1.807, 2.05) is 26.0 Å². The maximum Gasteiger partial charge on any atom is 0.356 e. The molecule has 1 aliphatic rings. The lowest BCUT2D eigenvalue weighted by atomic mass is 10.0. The van der Waals surface area contributed by atoms with Crippen LogP contribution >= 0.6 is 11.6 Å². The van der Waals surface area contributed by atoms with Crippen LogP contribution in [0.1, 0.15) is 53.2 Å². The molecule has 2 aromatic heterocycles. The van der Waals surface area contributed by atoms with Gasteiger partial charge in [-0.2, -0.15) is 0 Å². The number of rotatable bonds is 6. The van der Waals surface area contributed by atoms with E-state index >= 15 is 0 Å². The second-order valence-electron chi connectivity index (χ2n) is 7.99. The Morgan fingerprint density at radius 2 is 2.07 bits per heavy atom. The molecule has 0 bridgehead atoms. The van der Waals surface area contributed by atoms with Crippen LogP contribution in [0.5, 0.6) is 0 Å². The molecule has 2 N–H and O–H groups in total. The first-order chi connectivity index (χ1) is 14.2. The van der Waals surface area contributed by atoms with Gasteiger partial charge in [-0.1, -0.05) is 17.7 Å². The maximum atomic E-state index is 13.0. The summed E-state index contributed by atoms with van der Waals surface area (Å²) in [4.78, 5) is 33.4. The van der Waals surface area contributed by atoms with E-state index in [0.29, 0.717) is 22.5 Å². The topological polar surface area (TPSA) is 97.1 Å². The van der Waals surface area contributed by atoms with Gasteiger partial charge in [0, 0.05) is 19.0 Å². The van der Waals surface area contributed by atoms with Crippen molar-refractivity contribution in [1.82, 2.24) is 14.5 Å². The Morgan fingerprint density at radius 1 is 1.33 bits per heavy atom. The molecule has 0 radical (unpaired) electrons. The van der Waals surface area contributed by atoms with Crippen molar-refractivity contribution in [3.8, 4) is 0 Å². The van der Waals surface area contributed by atoms with Crippen molar-refractivity contribution in [1.29, 1.82) is 0 Å². The van der Waals surface area contributed by atoms with Gasteiger partial charge in [0.15, 0.2) is 5.69 Å². The highest BCUT2D eigenvalue weighted by molar-refractivity contribution is 6.29. The third-order valence-corrected chi connectivity index (χ3v) is 5.73. The first-order valence-electron chi connectivity index (χ1n) is 9.91. The second kappa shape index (κ2) is 7.72. The van der Waals surface area contributed by atoms with Crippen molar-refractivity contribution in [2.45, 2.75) is 39.2 Å². The van der Waals surface area contributed by atoms with Crippen molar-refractivity contribution in [3.63, 3.8) is 0 Å². The zero-order valence-corrected chi connectivity index (χ0v) is 17.8. The lowest BCUT2D eigenvalue weighted by Crippen LogP contribution is -2.24. The predicted octanol–water partition coefficient (Wildman–Crippen LogP) is 4.11. The van der Waals surface area contributed by atoms with Crippen LogP contribution in [-0.4, -0.2) is 25.6 Å². The summed E-state index contributed by atoms with van der Waals surface area (Å²) in [6.45, 7) is 3.84. The largest absolute Gasteiger partial charge is 0.476 e. The number of aromatic nitrogens is 3. The minimum atomic E-state index is -1.17. The van der Waals surface area contributed by atoms with Gasteiger partial charge >= 0.3 is 5.97 Å². The van der Waals surface area contributed by atoms with Crippen molar-refractivity contribution in [3.05, 3.63) is 62.4 Å². The zero-order chi connectivity index (χ0) is 21.6. The molecule has 0 aliphatic heterocycles. The zero-order valence-electron chi connectivity index (χ0n) is 17.1. The molecule has 1 fully saturated rings. The van der Waals surface area contributed by atoms with Crippen LogP contribution in [0.15, 0.2) is 29.1 Å². The Hall–Kier alpha value is -2.93. The van der Waals surface area contributed by atoms with Crippen molar-refractivity contribution in [2.24, 2.45) is 13.0 Å². The number of fused-ring (bicyclic) bond motifs is 1. The summed E-state index contributed by atoms with van der Waals surface area (Å²) in [5.41, 5.74) is 2.57. The Balaban J connectivity index is 1.81. The van der Waals surface area contributed by atoms with Gasteiger partial charge in [0.25, 0.3) is 5.56 Å².